The minimum atomic E-state index is -0.881. The van der Waals surface area contributed by atoms with Gasteiger partial charge in [-0.25, -0.2) is 18.7 Å². The number of anilines is 3. The Morgan fingerprint density at radius 3 is 2.75 bits per heavy atom. The molecule has 0 spiro atoms. The van der Waals surface area contributed by atoms with Gasteiger partial charge in [-0.2, -0.15) is 0 Å². The smallest absolute Gasteiger partial charge is 0.274 e. The number of carbonyl (C=O) groups is 1. The summed E-state index contributed by atoms with van der Waals surface area (Å²) in [5.74, 6) is -1.18. The average molecular weight is 331 g/mol. The fraction of sp³-hybridized carbons (Fsp3) is 0.0667. The lowest BCUT2D eigenvalue weighted by Gasteiger charge is -2.07. The lowest BCUT2D eigenvalue weighted by atomic mass is 10.3. The van der Waals surface area contributed by atoms with Gasteiger partial charge in [0.1, 0.15) is 23.1 Å². The number of benzene rings is 1. The quantitative estimate of drug-likeness (QED) is 0.763. The molecular formula is C15H11F2N5O2. The molecule has 0 fully saturated rings. The van der Waals surface area contributed by atoms with Crippen molar-refractivity contribution >= 4 is 23.4 Å². The van der Waals surface area contributed by atoms with Crippen LogP contribution in [0.25, 0.3) is 0 Å². The number of halogens is 2. The normalized spacial score (nSPS) is 10.5. The zero-order chi connectivity index (χ0) is 17.1. The molecule has 9 heteroatoms. The second-order valence-corrected chi connectivity index (χ2v) is 4.79. The fourth-order valence-electron chi connectivity index (χ4n) is 1.86. The highest BCUT2D eigenvalue weighted by Crippen LogP contribution is 2.16. The molecule has 2 N–H and O–H groups in total. The van der Waals surface area contributed by atoms with Crippen molar-refractivity contribution in [1.29, 1.82) is 0 Å². The molecular weight excluding hydrogens is 320 g/mol. The van der Waals surface area contributed by atoms with Crippen molar-refractivity contribution in [3.8, 4) is 0 Å². The Hall–Kier alpha value is -3.36. The number of amides is 1. The minimum absolute atomic E-state index is 0.00329. The number of rotatable bonds is 4. The summed E-state index contributed by atoms with van der Waals surface area (Å²) in [4.78, 5) is 20.1. The predicted molar refractivity (Wildman–Crippen MR) is 80.9 cm³/mol. The molecule has 1 aromatic carbocycles. The van der Waals surface area contributed by atoms with Crippen molar-refractivity contribution in [2.75, 3.05) is 10.6 Å². The molecule has 3 aromatic rings. The first kappa shape index (κ1) is 15.5. The first-order valence-electron chi connectivity index (χ1n) is 6.81. The molecule has 0 aliphatic heterocycles. The number of hydrogen-bond acceptors (Lipinski definition) is 6. The van der Waals surface area contributed by atoms with E-state index in [1.54, 1.807) is 13.0 Å². The highest BCUT2D eigenvalue weighted by atomic mass is 19.1. The summed E-state index contributed by atoms with van der Waals surface area (Å²) in [6.45, 7) is 1.72. The molecule has 0 saturated heterocycles. The van der Waals surface area contributed by atoms with Gasteiger partial charge in [0.2, 0.25) is 5.95 Å². The first-order chi connectivity index (χ1) is 11.5. The lowest BCUT2D eigenvalue weighted by Crippen LogP contribution is -2.15. The summed E-state index contributed by atoms with van der Waals surface area (Å²) >= 11 is 0. The molecule has 0 bridgehead atoms. The Morgan fingerprint density at radius 2 is 2.04 bits per heavy atom. The summed E-state index contributed by atoms with van der Waals surface area (Å²) in [6, 6.07) is 5.83. The van der Waals surface area contributed by atoms with Crippen molar-refractivity contribution in [3.05, 3.63) is 59.6 Å². The van der Waals surface area contributed by atoms with E-state index < -0.39 is 17.5 Å². The summed E-state index contributed by atoms with van der Waals surface area (Å²) < 4.78 is 31.3. The SMILES string of the molecule is Cc1cc(Nc2nccc(C(=O)Nc3ccc(F)cc3F)n2)no1. The van der Waals surface area contributed by atoms with Crippen molar-refractivity contribution in [2.45, 2.75) is 6.92 Å². The highest BCUT2D eigenvalue weighted by Gasteiger charge is 2.13. The van der Waals surface area contributed by atoms with E-state index >= 15 is 0 Å². The van der Waals surface area contributed by atoms with Crippen LogP contribution in [0.2, 0.25) is 0 Å². The molecule has 0 saturated carbocycles. The van der Waals surface area contributed by atoms with E-state index in [9.17, 15) is 13.6 Å². The molecule has 122 valence electrons. The van der Waals surface area contributed by atoms with Crippen LogP contribution in [0.5, 0.6) is 0 Å². The average Bonchev–Trinajstić information content (AvgIpc) is 2.95. The van der Waals surface area contributed by atoms with Gasteiger partial charge in [0.15, 0.2) is 5.82 Å². The monoisotopic (exact) mass is 331 g/mol. The second kappa shape index (κ2) is 6.41. The summed E-state index contributed by atoms with van der Waals surface area (Å²) in [5.41, 5.74) is -0.155. The zero-order valence-corrected chi connectivity index (χ0v) is 12.4. The van der Waals surface area contributed by atoms with Gasteiger partial charge >= 0.3 is 0 Å². The predicted octanol–water partition coefficient (Wildman–Crippen LogP) is 3.05. The van der Waals surface area contributed by atoms with Crippen LogP contribution in [-0.4, -0.2) is 21.0 Å². The second-order valence-electron chi connectivity index (χ2n) is 4.79. The van der Waals surface area contributed by atoms with Crippen molar-refractivity contribution in [3.63, 3.8) is 0 Å². The van der Waals surface area contributed by atoms with Crippen LogP contribution in [0.3, 0.4) is 0 Å². The lowest BCUT2D eigenvalue weighted by molar-refractivity contribution is 0.102. The molecule has 0 radical (unpaired) electrons. The maximum atomic E-state index is 13.6. The van der Waals surface area contributed by atoms with E-state index in [1.807, 2.05) is 0 Å². The Morgan fingerprint density at radius 1 is 1.21 bits per heavy atom. The minimum Gasteiger partial charge on any atom is -0.360 e. The molecule has 2 heterocycles. The van der Waals surface area contributed by atoms with E-state index in [-0.39, 0.29) is 17.3 Å². The molecule has 24 heavy (non-hydrogen) atoms. The summed E-state index contributed by atoms with van der Waals surface area (Å²) in [7, 11) is 0. The van der Waals surface area contributed by atoms with Crippen LogP contribution in [-0.2, 0) is 0 Å². The van der Waals surface area contributed by atoms with E-state index in [0.29, 0.717) is 17.6 Å². The molecule has 1 amide bonds. The zero-order valence-electron chi connectivity index (χ0n) is 12.4. The van der Waals surface area contributed by atoms with Gasteiger partial charge in [0.25, 0.3) is 5.91 Å². The van der Waals surface area contributed by atoms with Gasteiger partial charge in [-0.3, -0.25) is 4.79 Å². The molecule has 7 nitrogen and oxygen atoms in total. The van der Waals surface area contributed by atoms with Gasteiger partial charge in [-0.05, 0) is 25.1 Å². The molecule has 2 aromatic heterocycles. The fourth-order valence-corrected chi connectivity index (χ4v) is 1.86. The Kier molecular flexibility index (Phi) is 4.15. The van der Waals surface area contributed by atoms with Crippen LogP contribution in [0.15, 0.2) is 41.1 Å². The van der Waals surface area contributed by atoms with Gasteiger partial charge in [0.05, 0.1) is 5.69 Å². The number of nitrogens with one attached hydrogen (secondary N) is 2. The standard InChI is InChI=1S/C15H11F2N5O2/c1-8-6-13(22-24-8)21-15-18-5-4-12(20-15)14(23)19-11-3-2-9(16)7-10(11)17/h2-7H,1H3,(H,19,23)(H,18,20,21,22). The topological polar surface area (TPSA) is 92.9 Å². The van der Waals surface area contributed by atoms with Crippen molar-refractivity contribution in [2.24, 2.45) is 0 Å². The number of nitrogens with zero attached hydrogens (tertiary/aromatic N) is 3. The molecule has 0 aliphatic rings. The third-order valence-electron chi connectivity index (χ3n) is 2.94. The Bertz CT molecular complexity index is 897. The Balaban J connectivity index is 1.76. The van der Waals surface area contributed by atoms with Crippen LogP contribution >= 0.6 is 0 Å². The first-order valence-corrected chi connectivity index (χ1v) is 6.81. The number of aromatic nitrogens is 3. The van der Waals surface area contributed by atoms with Crippen molar-refractivity contribution < 1.29 is 18.1 Å². The molecule has 0 atom stereocenters. The van der Waals surface area contributed by atoms with Crippen LogP contribution in [0.1, 0.15) is 16.2 Å². The largest absolute Gasteiger partial charge is 0.360 e. The van der Waals surface area contributed by atoms with Gasteiger partial charge < -0.3 is 15.2 Å². The molecule has 3 rings (SSSR count). The van der Waals surface area contributed by atoms with E-state index in [0.717, 1.165) is 12.1 Å². The van der Waals surface area contributed by atoms with E-state index in [4.69, 9.17) is 4.52 Å². The summed E-state index contributed by atoms with van der Waals surface area (Å²) in [6.07, 6.45) is 1.36. The summed E-state index contributed by atoms with van der Waals surface area (Å²) in [5, 5.41) is 8.81. The van der Waals surface area contributed by atoms with E-state index in [1.165, 1.54) is 12.3 Å². The van der Waals surface area contributed by atoms with Crippen LogP contribution < -0.4 is 10.6 Å². The van der Waals surface area contributed by atoms with Gasteiger partial charge in [0, 0.05) is 18.3 Å². The highest BCUT2D eigenvalue weighted by molar-refractivity contribution is 6.03. The maximum absolute atomic E-state index is 13.6. The molecule has 0 aliphatic carbocycles. The number of hydrogen-bond donors (Lipinski definition) is 2. The third kappa shape index (κ3) is 3.51. The Labute approximate surface area is 134 Å². The van der Waals surface area contributed by atoms with Crippen LogP contribution in [0, 0.1) is 18.6 Å². The van der Waals surface area contributed by atoms with E-state index in [2.05, 4.69) is 25.8 Å². The van der Waals surface area contributed by atoms with Gasteiger partial charge in [-0.15, -0.1) is 0 Å². The number of carbonyl (C=O) groups excluding carboxylic acids is 1. The van der Waals surface area contributed by atoms with Gasteiger partial charge in [-0.1, -0.05) is 5.16 Å². The maximum Gasteiger partial charge on any atom is 0.274 e. The van der Waals surface area contributed by atoms with Crippen molar-refractivity contribution in [1.82, 2.24) is 15.1 Å². The number of aryl methyl sites for hydroxylation is 1. The van der Waals surface area contributed by atoms with Crippen LogP contribution in [0.4, 0.5) is 26.2 Å². The third-order valence-corrected chi connectivity index (χ3v) is 2.94. The molecule has 0 unspecified atom stereocenters.